The Kier molecular flexibility index (Phi) is 6.50. The van der Waals surface area contributed by atoms with Crippen molar-refractivity contribution in [2.45, 2.75) is 10.8 Å². The molecule has 0 saturated heterocycles. The number of ether oxygens (including phenoxy) is 3. The van der Waals surface area contributed by atoms with Gasteiger partial charge in [-0.25, -0.2) is 4.79 Å². The van der Waals surface area contributed by atoms with E-state index < -0.39 is 5.97 Å². The molecular formula is C25H19ClN2O4S. The van der Waals surface area contributed by atoms with Crippen LogP contribution in [0.1, 0.15) is 27.4 Å². The van der Waals surface area contributed by atoms with E-state index in [0.717, 1.165) is 16.0 Å². The summed E-state index contributed by atoms with van der Waals surface area (Å²) in [6.45, 7) is 0. The Morgan fingerprint density at radius 1 is 1.15 bits per heavy atom. The third-order valence-corrected chi connectivity index (χ3v) is 6.28. The third-order valence-electron chi connectivity index (χ3n) is 5.24. The molecule has 166 valence electrons. The van der Waals surface area contributed by atoms with Gasteiger partial charge in [-0.1, -0.05) is 29.8 Å². The van der Waals surface area contributed by atoms with Crippen molar-refractivity contribution in [1.29, 1.82) is 5.26 Å². The number of thioether (sulfide) groups is 1. The van der Waals surface area contributed by atoms with Crippen LogP contribution in [0.4, 0.5) is 0 Å². The first-order valence-corrected chi connectivity index (χ1v) is 11.5. The minimum atomic E-state index is -0.583. The highest BCUT2D eigenvalue weighted by Gasteiger charge is 2.31. The van der Waals surface area contributed by atoms with Crippen LogP contribution in [0.25, 0.3) is 0 Å². The highest BCUT2D eigenvalue weighted by atomic mass is 35.5. The predicted molar refractivity (Wildman–Crippen MR) is 127 cm³/mol. The molecule has 33 heavy (non-hydrogen) atoms. The molecule has 0 spiro atoms. The van der Waals surface area contributed by atoms with Gasteiger partial charge in [0.1, 0.15) is 28.9 Å². The molecule has 0 bridgehead atoms. The number of methoxy groups -OCH3 is 1. The van der Waals surface area contributed by atoms with E-state index in [1.807, 2.05) is 30.5 Å². The van der Waals surface area contributed by atoms with Gasteiger partial charge in [0.25, 0.3) is 0 Å². The quantitative estimate of drug-likeness (QED) is 0.293. The standard InChI is InChI=1S/C25H19ClN2O4S/c1-30-21-10-5-15(11-20(21)26)25(29)31-16-6-9-18-22(12-16)32-24(28)19(13-27)23(18)14-3-7-17(33-2)8-4-14/h3-12,23H,28H2,1-2H3. The second-order valence-electron chi connectivity index (χ2n) is 7.14. The number of nitriles is 1. The third kappa shape index (κ3) is 4.49. The highest BCUT2D eigenvalue weighted by Crippen LogP contribution is 2.43. The molecule has 0 saturated carbocycles. The van der Waals surface area contributed by atoms with Crippen molar-refractivity contribution in [2.75, 3.05) is 13.4 Å². The van der Waals surface area contributed by atoms with E-state index in [-0.39, 0.29) is 23.1 Å². The van der Waals surface area contributed by atoms with Crippen molar-refractivity contribution in [3.8, 4) is 23.3 Å². The molecule has 1 unspecified atom stereocenters. The van der Waals surface area contributed by atoms with E-state index in [0.29, 0.717) is 22.1 Å². The maximum atomic E-state index is 12.6. The summed E-state index contributed by atoms with van der Waals surface area (Å²) >= 11 is 7.74. The number of allylic oxidation sites excluding steroid dienone is 1. The number of nitrogens with two attached hydrogens (primary N) is 1. The molecule has 6 nitrogen and oxygen atoms in total. The lowest BCUT2D eigenvalue weighted by molar-refractivity contribution is 0.0734. The molecule has 1 aliphatic rings. The average Bonchev–Trinajstić information content (AvgIpc) is 2.83. The summed E-state index contributed by atoms with van der Waals surface area (Å²) in [6, 6.07) is 19.8. The van der Waals surface area contributed by atoms with Crippen molar-refractivity contribution in [1.82, 2.24) is 0 Å². The fourth-order valence-corrected chi connectivity index (χ4v) is 4.26. The van der Waals surface area contributed by atoms with Crippen molar-refractivity contribution < 1.29 is 19.0 Å². The summed E-state index contributed by atoms with van der Waals surface area (Å²) in [5, 5.41) is 10.0. The van der Waals surface area contributed by atoms with Gasteiger partial charge in [-0.15, -0.1) is 11.8 Å². The Morgan fingerprint density at radius 3 is 2.55 bits per heavy atom. The topological polar surface area (TPSA) is 94.6 Å². The number of benzene rings is 3. The lowest BCUT2D eigenvalue weighted by Crippen LogP contribution is -2.21. The molecule has 1 atom stereocenters. The number of hydrogen-bond donors (Lipinski definition) is 1. The number of rotatable bonds is 5. The van der Waals surface area contributed by atoms with Gasteiger partial charge >= 0.3 is 5.97 Å². The van der Waals surface area contributed by atoms with Crippen LogP contribution in [-0.2, 0) is 0 Å². The molecule has 8 heteroatoms. The van der Waals surface area contributed by atoms with Crippen LogP contribution in [0.2, 0.25) is 5.02 Å². The van der Waals surface area contributed by atoms with Gasteiger partial charge in [-0.3, -0.25) is 0 Å². The maximum absolute atomic E-state index is 12.6. The predicted octanol–water partition coefficient (Wildman–Crippen LogP) is 5.51. The van der Waals surface area contributed by atoms with E-state index in [4.69, 9.17) is 31.5 Å². The number of carbonyl (C=O) groups excluding carboxylic acids is 1. The molecule has 1 heterocycles. The fraction of sp³-hybridized carbons (Fsp3) is 0.120. The van der Waals surface area contributed by atoms with Crippen molar-refractivity contribution in [2.24, 2.45) is 5.73 Å². The maximum Gasteiger partial charge on any atom is 0.343 e. The number of fused-ring (bicyclic) bond motifs is 1. The summed E-state index contributed by atoms with van der Waals surface area (Å²) in [6.07, 6.45) is 2.00. The monoisotopic (exact) mass is 478 g/mol. The number of nitrogens with zero attached hydrogens (tertiary/aromatic N) is 1. The Hall–Kier alpha value is -3.60. The van der Waals surface area contributed by atoms with E-state index in [1.165, 1.54) is 13.2 Å². The van der Waals surface area contributed by atoms with E-state index in [2.05, 4.69) is 6.07 Å². The first-order chi connectivity index (χ1) is 15.9. The number of esters is 1. The summed E-state index contributed by atoms with van der Waals surface area (Å²) < 4.78 is 16.3. The van der Waals surface area contributed by atoms with Gasteiger partial charge in [-0.2, -0.15) is 5.26 Å². The average molecular weight is 479 g/mol. The van der Waals surface area contributed by atoms with E-state index in [9.17, 15) is 10.1 Å². The molecule has 4 rings (SSSR count). The summed E-state index contributed by atoms with van der Waals surface area (Å²) in [5.74, 6) is 0.205. The lowest BCUT2D eigenvalue weighted by Gasteiger charge is -2.26. The van der Waals surface area contributed by atoms with Crippen LogP contribution in [0, 0.1) is 11.3 Å². The number of carbonyl (C=O) groups is 1. The van der Waals surface area contributed by atoms with Gasteiger partial charge in [0.05, 0.1) is 23.6 Å². The zero-order valence-electron chi connectivity index (χ0n) is 17.8. The van der Waals surface area contributed by atoms with Crippen molar-refractivity contribution >= 4 is 29.3 Å². The van der Waals surface area contributed by atoms with Crippen molar-refractivity contribution in [3.05, 3.63) is 93.8 Å². The molecule has 1 aliphatic heterocycles. The van der Waals surface area contributed by atoms with Crippen LogP contribution in [0.5, 0.6) is 17.2 Å². The molecule has 0 aromatic heterocycles. The summed E-state index contributed by atoms with van der Waals surface area (Å²) in [4.78, 5) is 13.7. The Bertz CT molecular complexity index is 1300. The van der Waals surface area contributed by atoms with Gasteiger partial charge in [0.15, 0.2) is 0 Å². The van der Waals surface area contributed by atoms with E-state index >= 15 is 0 Å². The molecular weight excluding hydrogens is 460 g/mol. The molecule has 3 aromatic carbocycles. The minimum Gasteiger partial charge on any atom is -0.495 e. The zero-order chi connectivity index (χ0) is 23.5. The van der Waals surface area contributed by atoms with Crippen LogP contribution in [0.15, 0.2) is 77.0 Å². The van der Waals surface area contributed by atoms with Gasteiger partial charge in [0, 0.05) is 16.5 Å². The summed E-state index contributed by atoms with van der Waals surface area (Å²) in [5.41, 5.74) is 8.34. The molecule has 3 aromatic rings. The largest absolute Gasteiger partial charge is 0.495 e. The lowest BCUT2D eigenvalue weighted by atomic mass is 9.83. The Balaban J connectivity index is 1.65. The van der Waals surface area contributed by atoms with E-state index in [1.54, 1.807) is 42.1 Å². The van der Waals surface area contributed by atoms with Crippen molar-refractivity contribution in [3.63, 3.8) is 0 Å². The summed E-state index contributed by atoms with van der Waals surface area (Å²) in [7, 11) is 1.49. The molecule has 0 radical (unpaired) electrons. The zero-order valence-corrected chi connectivity index (χ0v) is 19.4. The first kappa shape index (κ1) is 22.6. The Morgan fingerprint density at radius 2 is 1.91 bits per heavy atom. The number of hydrogen-bond acceptors (Lipinski definition) is 7. The molecule has 0 fully saturated rings. The minimum absolute atomic E-state index is 0.0226. The van der Waals surface area contributed by atoms with Gasteiger partial charge < -0.3 is 19.9 Å². The van der Waals surface area contributed by atoms with Gasteiger partial charge in [-0.05, 0) is 48.2 Å². The van der Waals surface area contributed by atoms with Gasteiger partial charge in [0.2, 0.25) is 5.88 Å². The molecule has 0 aliphatic carbocycles. The Labute approximate surface area is 200 Å². The van der Waals surface area contributed by atoms with Crippen LogP contribution in [0.3, 0.4) is 0 Å². The van der Waals surface area contributed by atoms with Crippen LogP contribution < -0.4 is 19.9 Å². The second-order valence-corrected chi connectivity index (χ2v) is 8.42. The first-order valence-electron chi connectivity index (χ1n) is 9.86. The molecule has 0 amide bonds. The highest BCUT2D eigenvalue weighted by molar-refractivity contribution is 7.98. The smallest absolute Gasteiger partial charge is 0.343 e. The van der Waals surface area contributed by atoms with Crippen LogP contribution in [-0.4, -0.2) is 19.3 Å². The molecule has 2 N–H and O–H groups in total. The fourth-order valence-electron chi connectivity index (χ4n) is 3.60. The van der Waals surface area contributed by atoms with Crippen LogP contribution >= 0.6 is 23.4 Å². The normalized spacial score (nSPS) is 14.7. The SMILES string of the molecule is COc1ccc(C(=O)Oc2ccc3c(c2)OC(N)=C(C#N)C3c2ccc(SC)cc2)cc1Cl. The second kappa shape index (κ2) is 9.49. The number of halogens is 1.